The van der Waals surface area contributed by atoms with Gasteiger partial charge in [-0.05, 0) is 24.1 Å². The molecule has 0 bridgehead atoms. The summed E-state index contributed by atoms with van der Waals surface area (Å²) >= 11 is 0. The van der Waals surface area contributed by atoms with Crippen LogP contribution in [0.25, 0.3) is 0 Å². The minimum Gasteiger partial charge on any atom is -0.482 e. The first-order chi connectivity index (χ1) is 11.2. The molecule has 5 heteroatoms. The predicted octanol–water partition coefficient (Wildman–Crippen LogP) is 2.81. The number of ether oxygens (including phenoxy) is 2. The molecule has 2 aromatic rings. The van der Waals surface area contributed by atoms with E-state index in [1.165, 1.54) is 7.11 Å². The molecule has 0 aliphatic carbocycles. The Morgan fingerprint density at radius 1 is 1.04 bits per heavy atom. The molecule has 0 fully saturated rings. The first kappa shape index (κ1) is 16.5. The number of amides is 1. The zero-order valence-electron chi connectivity index (χ0n) is 13.0. The summed E-state index contributed by atoms with van der Waals surface area (Å²) in [5.41, 5.74) is 1.75. The number of benzene rings is 2. The van der Waals surface area contributed by atoms with Crippen LogP contribution in [0.2, 0.25) is 0 Å². The molecule has 1 N–H and O–H groups in total. The van der Waals surface area contributed by atoms with E-state index >= 15 is 0 Å². The average Bonchev–Trinajstić information content (AvgIpc) is 2.59. The van der Waals surface area contributed by atoms with Crippen molar-refractivity contribution in [2.24, 2.45) is 0 Å². The second kappa shape index (κ2) is 8.58. The molecule has 5 nitrogen and oxygen atoms in total. The second-order valence-electron chi connectivity index (χ2n) is 4.93. The summed E-state index contributed by atoms with van der Waals surface area (Å²) in [6.45, 7) is -0.165. The summed E-state index contributed by atoms with van der Waals surface area (Å²) in [6, 6.07) is 16.7. The normalized spacial score (nSPS) is 9.96. The number of methoxy groups -OCH3 is 1. The maximum atomic E-state index is 12.0. The van der Waals surface area contributed by atoms with Crippen LogP contribution < -0.4 is 10.1 Å². The van der Waals surface area contributed by atoms with Gasteiger partial charge in [0.15, 0.2) is 6.61 Å². The molecular weight excluding hydrogens is 294 g/mol. The lowest BCUT2D eigenvalue weighted by molar-refractivity contribution is -0.142. The molecule has 0 saturated carbocycles. The third-order valence-corrected chi connectivity index (χ3v) is 3.19. The van der Waals surface area contributed by atoms with Crippen molar-refractivity contribution in [1.29, 1.82) is 0 Å². The van der Waals surface area contributed by atoms with Crippen molar-refractivity contribution in [3.63, 3.8) is 0 Å². The number of esters is 1. The standard InChI is InChI=1S/C18H19NO4/c1-22-18(21)13-23-16-9-5-8-15(12-16)19-17(20)11-10-14-6-3-2-4-7-14/h2-9,12H,10-11,13H2,1H3,(H,19,20). The van der Waals surface area contributed by atoms with E-state index in [9.17, 15) is 9.59 Å². The van der Waals surface area contributed by atoms with Crippen molar-refractivity contribution in [2.75, 3.05) is 19.0 Å². The molecule has 23 heavy (non-hydrogen) atoms. The minimum absolute atomic E-state index is 0.0704. The molecule has 2 rings (SSSR count). The van der Waals surface area contributed by atoms with Gasteiger partial charge >= 0.3 is 5.97 Å². The fourth-order valence-corrected chi connectivity index (χ4v) is 1.99. The fourth-order valence-electron chi connectivity index (χ4n) is 1.99. The third-order valence-electron chi connectivity index (χ3n) is 3.19. The summed E-state index contributed by atoms with van der Waals surface area (Å²) in [7, 11) is 1.30. The lowest BCUT2D eigenvalue weighted by Crippen LogP contribution is -2.14. The summed E-state index contributed by atoms with van der Waals surface area (Å²) in [5, 5.41) is 2.82. The molecule has 0 atom stereocenters. The van der Waals surface area contributed by atoms with Crippen LogP contribution in [-0.2, 0) is 20.7 Å². The van der Waals surface area contributed by atoms with E-state index in [0.29, 0.717) is 24.3 Å². The summed E-state index contributed by atoms with van der Waals surface area (Å²) in [5.74, 6) is -0.0301. The van der Waals surface area contributed by atoms with Gasteiger partial charge in [0.25, 0.3) is 0 Å². The molecule has 120 valence electrons. The Morgan fingerprint density at radius 3 is 2.57 bits per heavy atom. The number of carbonyl (C=O) groups excluding carboxylic acids is 2. The Morgan fingerprint density at radius 2 is 1.83 bits per heavy atom. The van der Waals surface area contributed by atoms with Crippen molar-refractivity contribution in [3.05, 3.63) is 60.2 Å². The highest BCUT2D eigenvalue weighted by Crippen LogP contribution is 2.17. The lowest BCUT2D eigenvalue weighted by Gasteiger charge is -2.08. The monoisotopic (exact) mass is 313 g/mol. The van der Waals surface area contributed by atoms with Gasteiger partial charge in [0.05, 0.1) is 7.11 Å². The number of nitrogens with one attached hydrogen (secondary N) is 1. The first-order valence-electron chi connectivity index (χ1n) is 7.31. The molecule has 0 radical (unpaired) electrons. The maximum Gasteiger partial charge on any atom is 0.343 e. The molecule has 0 heterocycles. The largest absolute Gasteiger partial charge is 0.482 e. The van der Waals surface area contributed by atoms with E-state index in [2.05, 4.69) is 10.1 Å². The van der Waals surface area contributed by atoms with E-state index in [0.717, 1.165) is 5.56 Å². The van der Waals surface area contributed by atoms with Gasteiger partial charge in [0, 0.05) is 18.2 Å². The van der Waals surface area contributed by atoms with Gasteiger partial charge in [0.2, 0.25) is 5.91 Å². The van der Waals surface area contributed by atoms with Crippen molar-refractivity contribution in [2.45, 2.75) is 12.8 Å². The SMILES string of the molecule is COC(=O)COc1cccc(NC(=O)CCc2ccccc2)c1. The van der Waals surface area contributed by atoms with E-state index < -0.39 is 5.97 Å². The number of rotatable bonds is 7. The average molecular weight is 313 g/mol. The molecule has 1 amide bonds. The van der Waals surface area contributed by atoms with Crippen LogP contribution in [0.3, 0.4) is 0 Å². The van der Waals surface area contributed by atoms with E-state index in [4.69, 9.17) is 4.74 Å². The molecule has 0 aliphatic heterocycles. The molecular formula is C18H19NO4. The molecule has 0 spiro atoms. The van der Waals surface area contributed by atoms with Crippen LogP contribution in [0.1, 0.15) is 12.0 Å². The molecule has 0 unspecified atom stereocenters. The van der Waals surface area contributed by atoms with Crippen LogP contribution in [0.5, 0.6) is 5.75 Å². The van der Waals surface area contributed by atoms with Crippen LogP contribution >= 0.6 is 0 Å². The molecule has 0 aromatic heterocycles. The van der Waals surface area contributed by atoms with Crippen LogP contribution in [-0.4, -0.2) is 25.6 Å². The van der Waals surface area contributed by atoms with Crippen LogP contribution in [0, 0.1) is 0 Å². The van der Waals surface area contributed by atoms with Gasteiger partial charge in [-0.15, -0.1) is 0 Å². The number of hydrogen-bond donors (Lipinski definition) is 1. The summed E-state index contributed by atoms with van der Waals surface area (Å²) in [6.07, 6.45) is 1.09. The second-order valence-corrected chi connectivity index (χ2v) is 4.93. The van der Waals surface area contributed by atoms with Gasteiger partial charge in [-0.2, -0.15) is 0 Å². The van der Waals surface area contributed by atoms with Gasteiger partial charge in [-0.3, -0.25) is 4.79 Å². The topological polar surface area (TPSA) is 64.6 Å². The number of hydrogen-bond acceptors (Lipinski definition) is 4. The Balaban J connectivity index is 1.84. The Bertz CT molecular complexity index is 655. The third kappa shape index (κ3) is 5.82. The number of aryl methyl sites for hydroxylation is 1. The molecule has 0 aliphatic rings. The minimum atomic E-state index is -0.456. The first-order valence-corrected chi connectivity index (χ1v) is 7.31. The van der Waals surface area contributed by atoms with Gasteiger partial charge in [-0.25, -0.2) is 4.79 Å². The smallest absolute Gasteiger partial charge is 0.343 e. The van der Waals surface area contributed by atoms with E-state index in [1.54, 1.807) is 24.3 Å². The number of anilines is 1. The molecule has 0 saturated heterocycles. The van der Waals surface area contributed by atoms with E-state index in [1.807, 2.05) is 30.3 Å². The predicted molar refractivity (Wildman–Crippen MR) is 87.3 cm³/mol. The highest BCUT2D eigenvalue weighted by atomic mass is 16.6. The van der Waals surface area contributed by atoms with Gasteiger partial charge < -0.3 is 14.8 Å². The van der Waals surface area contributed by atoms with Crippen LogP contribution in [0.4, 0.5) is 5.69 Å². The maximum absolute atomic E-state index is 12.0. The zero-order valence-corrected chi connectivity index (χ0v) is 13.0. The van der Waals surface area contributed by atoms with Crippen molar-refractivity contribution in [1.82, 2.24) is 0 Å². The highest BCUT2D eigenvalue weighted by molar-refractivity contribution is 5.91. The summed E-state index contributed by atoms with van der Waals surface area (Å²) in [4.78, 5) is 23.0. The van der Waals surface area contributed by atoms with Crippen LogP contribution in [0.15, 0.2) is 54.6 Å². The van der Waals surface area contributed by atoms with E-state index in [-0.39, 0.29) is 12.5 Å². The Labute approximate surface area is 135 Å². The quantitative estimate of drug-likeness (QED) is 0.798. The van der Waals surface area contributed by atoms with Crippen molar-refractivity contribution < 1.29 is 19.1 Å². The highest BCUT2D eigenvalue weighted by Gasteiger charge is 2.06. The van der Waals surface area contributed by atoms with Crippen molar-refractivity contribution >= 4 is 17.6 Å². The fraction of sp³-hybridized carbons (Fsp3) is 0.222. The zero-order chi connectivity index (χ0) is 16.5. The molecule has 2 aromatic carbocycles. The van der Waals surface area contributed by atoms with Gasteiger partial charge in [0.1, 0.15) is 5.75 Å². The Kier molecular flexibility index (Phi) is 6.17. The number of carbonyl (C=O) groups is 2. The lowest BCUT2D eigenvalue weighted by atomic mass is 10.1. The van der Waals surface area contributed by atoms with Crippen molar-refractivity contribution in [3.8, 4) is 5.75 Å². The Hall–Kier alpha value is -2.82. The van der Waals surface area contributed by atoms with Gasteiger partial charge in [-0.1, -0.05) is 36.4 Å². The summed E-state index contributed by atoms with van der Waals surface area (Å²) < 4.78 is 9.79.